The van der Waals surface area contributed by atoms with Crippen molar-refractivity contribution < 1.29 is 10.3 Å². The molecule has 10 aromatic carbocycles. The number of rotatable bonds is 3. The van der Waals surface area contributed by atoms with Crippen LogP contribution in [0.15, 0.2) is 191 Å². The van der Waals surface area contributed by atoms with Crippen LogP contribution in [0.2, 0.25) is 0 Å². The predicted molar refractivity (Wildman–Crippen MR) is 229 cm³/mol. The quantitative estimate of drug-likeness (QED) is 0.173. The van der Waals surface area contributed by atoms with E-state index in [4.69, 9.17) is 8.83 Å². The molecule has 0 unspecified atom stereocenters. The number of fused-ring (bicyclic) bond motifs is 12. The first kappa shape index (κ1) is 29.4. The molecule has 2 heteroatoms. The van der Waals surface area contributed by atoms with Gasteiger partial charge >= 0.3 is 0 Å². The van der Waals surface area contributed by atoms with Crippen LogP contribution in [-0.2, 0) is 0 Å². The fourth-order valence-corrected chi connectivity index (χ4v) is 8.94. The first-order chi connectivity index (χ1) is 26.8. The monoisotopic (exact) mass is 688 g/mol. The molecule has 0 aliphatic carbocycles. The Kier molecular flexibility index (Phi) is 6.09. The van der Waals surface area contributed by atoms with E-state index in [-0.39, 0.29) is 1.43 Å². The lowest BCUT2D eigenvalue weighted by atomic mass is 9.85. The molecule has 0 aliphatic heterocycles. The van der Waals surface area contributed by atoms with Gasteiger partial charge in [0.25, 0.3) is 0 Å². The zero-order valence-corrected chi connectivity index (χ0v) is 29.1. The normalized spacial score (nSPS) is 12.1. The SMILES string of the molecule is [HH].c1ccc2cc(-c3c4ccccc4c(-c4ccc(-c5ccc6oc7c(ccc8c7oc7ccc9ccccc9c78)c6c5)cc4)c4ccccc34)ccc2c1. The second-order valence-corrected chi connectivity index (χ2v) is 14.4. The second-order valence-electron chi connectivity index (χ2n) is 14.4. The lowest BCUT2D eigenvalue weighted by molar-refractivity contribution is 0.633. The molecule has 0 N–H and O–H groups in total. The van der Waals surface area contributed by atoms with Crippen LogP contribution in [0, 0.1) is 0 Å². The maximum absolute atomic E-state index is 6.53. The Labute approximate surface area is 311 Å². The molecular formula is C52H32O2. The predicted octanol–water partition coefficient (Wildman–Crippen LogP) is 15.3. The molecule has 12 aromatic rings. The largest absolute Gasteiger partial charge is 0.452 e. The molecule has 0 atom stereocenters. The van der Waals surface area contributed by atoms with Crippen molar-refractivity contribution in [1.29, 1.82) is 0 Å². The van der Waals surface area contributed by atoms with Crippen molar-refractivity contribution in [2.24, 2.45) is 0 Å². The number of hydrogen-bond donors (Lipinski definition) is 0. The van der Waals surface area contributed by atoms with Gasteiger partial charge in [0.1, 0.15) is 11.2 Å². The molecule has 0 fully saturated rings. The average molecular weight is 689 g/mol. The fraction of sp³-hybridized carbons (Fsp3) is 0. The molecule has 2 heterocycles. The molecule has 0 aliphatic rings. The molecular weight excluding hydrogens is 657 g/mol. The van der Waals surface area contributed by atoms with E-state index in [2.05, 4.69) is 182 Å². The molecule has 0 spiro atoms. The summed E-state index contributed by atoms with van der Waals surface area (Å²) >= 11 is 0. The highest BCUT2D eigenvalue weighted by Gasteiger charge is 2.19. The van der Waals surface area contributed by atoms with Crippen molar-refractivity contribution in [2.45, 2.75) is 0 Å². The zero-order chi connectivity index (χ0) is 35.3. The van der Waals surface area contributed by atoms with Crippen molar-refractivity contribution in [3.63, 3.8) is 0 Å². The third kappa shape index (κ3) is 4.22. The van der Waals surface area contributed by atoms with Gasteiger partial charge in [0.15, 0.2) is 11.2 Å². The average Bonchev–Trinajstić information content (AvgIpc) is 3.81. The Bertz CT molecular complexity index is 3440. The fourth-order valence-electron chi connectivity index (χ4n) is 8.94. The summed E-state index contributed by atoms with van der Waals surface area (Å²) in [6.45, 7) is 0. The maximum Gasteiger partial charge on any atom is 0.178 e. The van der Waals surface area contributed by atoms with E-state index in [1.165, 1.54) is 65.3 Å². The molecule has 2 nitrogen and oxygen atoms in total. The molecule has 0 saturated carbocycles. The van der Waals surface area contributed by atoms with Crippen LogP contribution in [0.4, 0.5) is 0 Å². The van der Waals surface area contributed by atoms with E-state index in [1.807, 2.05) is 0 Å². The van der Waals surface area contributed by atoms with Gasteiger partial charge in [0, 0.05) is 23.0 Å². The van der Waals surface area contributed by atoms with Gasteiger partial charge in [-0.05, 0) is 113 Å². The Morgan fingerprint density at radius 1 is 0.278 bits per heavy atom. The van der Waals surface area contributed by atoms with Gasteiger partial charge in [-0.1, -0.05) is 146 Å². The van der Waals surface area contributed by atoms with Crippen molar-refractivity contribution in [3.8, 4) is 33.4 Å². The summed E-state index contributed by atoms with van der Waals surface area (Å²) < 4.78 is 13.0. The summed E-state index contributed by atoms with van der Waals surface area (Å²) in [4.78, 5) is 0. The molecule has 0 radical (unpaired) electrons. The van der Waals surface area contributed by atoms with Crippen molar-refractivity contribution in [1.82, 2.24) is 0 Å². The molecule has 0 bridgehead atoms. The van der Waals surface area contributed by atoms with Crippen LogP contribution in [0.5, 0.6) is 0 Å². The van der Waals surface area contributed by atoms with Crippen LogP contribution >= 0.6 is 0 Å². The first-order valence-electron chi connectivity index (χ1n) is 18.5. The summed E-state index contributed by atoms with van der Waals surface area (Å²) in [6.07, 6.45) is 0. The molecule has 54 heavy (non-hydrogen) atoms. The highest BCUT2D eigenvalue weighted by atomic mass is 16.4. The summed E-state index contributed by atoms with van der Waals surface area (Å²) in [6, 6.07) is 65.8. The lowest BCUT2D eigenvalue weighted by Gasteiger charge is -2.18. The highest BCUT2D eigenvalue weighted by molar-refractivity contribution is 6.25. The van der Waals surface area contributed by atoms with Crippen molar-refractivity contribution >= 4 is 87.0 Å². The van der Waals surface area contributed by atoms with Gasteiger partial charge in [-0.15, -0.1) is 0 Å². The summed E-state index contributed by atoms with van der Waals surface area (Å²) in [5.41, 5.74) is 10.6. The third-order valence-corrected chi connectivity index (χ3v) is 11.4. The second kappa shape index (κ2) is 11.2. The lowest BCUT2D eigenvalue weighted by Crippen LogP contribution is -1.91. The van der Waals surface area contributed by atoms with Gasteiger partial charge in [0.2, 0.25) is 0 Å². The topological polar surface area (TPSA) is 26.3 Å². The summed E-state index contributed by atoms with van der Waals surface area (Å²) in [5, 5.41) is 14.3. The molecule has 0 saturated heterocycles. The minimum absolute atomic E-state index is 0. The number of furan rings is 2. The summed E-state index contributed by atoms with van der Waals surface area (Å²) in [5.74, 6) is 0. The number of benzene rings is 10. The minimum Gasteiger partial charge on any atom is -0.452 e. The Morgan fingerprint density at radius 2 is 0.778 bits per heavy atom. The van der Waals surface area contributed by atoms with Gasteiger partial charge in [-0.25, -0.2) is 0 Å². The van der Waals surface area contributed by atoms with Gasteiger partial charge in [0.05, 0.1) is 0 Å². The van der Waals surface area contributed by atoms with Crippen molar-refractivity contribution in [2.75, 3.05) is 0 Å². The van der Waals surface area contributed by atoms with Crippen molar-refractivity contribution in [3.05, 3.63) is 182 Å². The number of hydrogen-bond acceptors (Lipinski definition) is 2. The van der Waals surface area contributed by atoms with E-state index in [1.54, 1.807) is 0 Å². The van der Waals surface area contributed by atoms with E-state index in [0.29, 0.717) is 0 Å². The Hall–Kier alpha value is -7.16. The van der Waals surface area contributed by atoms with Gasteiger partial charge in [-0.3, -0.25) is 0 Å². The van der Waals surface area contributed by atoms with Crippen LogP contribution in [0.25, 0.3) is 120 Å². The molecule has 0 amide bonds. The van der Waals surface area contributed by atoms with E-state index in [9.17, 15) is 0 Å². The first-order valence-corrected chi connectivity index (χ1v) is 18.5. The minimum atomic E-state index is 0. The van der Waals surface area contributed by atoms with Crippen LogP contribution in [-0.4, -0.2) is 0 Å². The molecule has 12 rings (SSSR count). The zero-order valence-electron chi connectivity index (χ0n) is 29.1. The van der Waals surface area contributed by atoms with Crippen LogP contribution in [0.1, 0.15) is 1.43 Å². The van der Waals surface area contributed by atoms with E-state index < -0.39 is 0 Å². The van der Waals surface area contributed by atoms with Gasteiger partial charge < -0.3 is 8.83 Å². The molecule has 2 aromatic heterocycles. The van der Waals surface area contributed by atoms with Gasteiger partial charge in [-0.2, -0.15) is 0 Å². The van der Waals surface area contributed by atoms with E-state index >= 15 is 0 Å². The standard InChI is InChI=1S/C52H30O2.H2/c1-2-11-35-29-37(22-19-31(35)9-1)49-41-15-7-5-13-39(41)48(40-14-6-8-16-42(40)49)34-20-17-32(18-21-34)36-24-27-46-45(30-36)43-25-26-44-50-38-12-4-3-10-33(38)23-28-47(50)54-52(44)51(43)53-46;/h1-30H;1H. The Balaban J connectivity index is 0.00000352. The van der Waals surface area contributed by atoms with E-state index in [0.717, 1.165) is 55.0 Å². The summed E-state index contributed by atoms with van der Waals surface area (Å²) in [7, 11) is 0. The smallest absolute Gasteiger partial charge is 0.178 e. The molecule has 252 valence electrons. The van der Waals surface area contributed by atoms with Crippen LogP contribution < -0.4 is 0 Å². The maximum atomic E-state index is 6.53. The third-order valence-electron chi connectivity index (χ3n) is 11.4. The highest BCUT2D eigenvalue weighted by Crippen LogP contribution is 2.45. The Morgan fingerprint density at radius 3 is 1.52 bits per heavy atom. The van der Waals surface area contributed by atoms with Crippen LogP contribution in [0.3, 0.4) is 0 Å².